The molecule has 156 valence electrons. The van der Waals surface area contributed by atoms with Crippen LogP contribution in [0.25, 0.3) is 0 Å². The molecule has 28 heavy (non-hydrogen) atoms. The van der Waals surface area contributed by atoms with Gasteiger partial charge in [0.05, 0.1) is 45.7 Å². The van der Waals surface area contributed by atoms with Gasteiger partial charge in [0.15, 0.2) is 5.96 Å². The number of guanidine groups is 1. The molecule has 1 heterocycles. The highest BCUT2D eigenvalue weighted by molar-refractivity contribution is 14.0. The highest BCUT2D eigenvalue weighted by atomic mass is 127. The number of methoxy groups -OCH3 is 3. The van der Waals surface area contributed by atoms with E-state index in [1.54, 1.807) is 32.7 Å². The van der Waals surface area contributed by atoms with Gasteiger partial charge in [0.25, 0.3) is 0 Å². The number of thiazole rings is 1. The van der Waals surface area contributed by atoms with E-state index in [2.05, 4.69) is 27.5 Å². The van der Waals surface area contributed by atoms with Crippen molar-refractivity contribution in [2.75, 3.05) is 27.9 Å². The van der Waals surface area contributed by atoms with Crippen molar-refractivity contribution in [3.63, 3.8) is 0 Å². The van der Waals surface area contributed by atoms with Gasteiger partial charge in [-0.3, -0.25) is 0 Å². The zero-order valence-electron chi connectivity index (χ0n) is 17.2. The van der Waals surface area contributed by atoms with E-state index < -0.39 is 0 Å². The van der Waals surface area contributed by atoms with Crippen molar-refractivity contribution in [2.45, 2.75) is 33.9 Å². The summed E-state index contributed by atoms with van der Waals surface area (Å²) in [5.41, 5.74) is 1.94. The Hall–Kier alpha value is -1.75. The van der Waals surface area contributed by atoms with Crippen molar-refractivity contribution in [3.05, 3.63) is 33.3 Å². The van der Waals surface area contributed by atoms with Gasteiger partial charge in [-0.05, 0) is 20.8 Å². The van der Waals surface area contributed by atoms with Crippen LogP contribution in [0.5, 0.6) is 17.2 Å². The van der Waals surface area contributed by atoms with Crippen molar-refractivity contribution < 1.29 is 14.2 Å². The molecule has 0 radical (unpaired) electrons. The molecule has 1 aromatic heterocycles. The van der Waals surface area contributed by atoms with Crippen molar-refractivity contribution in [3.8, 4) is 17.2 Å². The Labute approximate surface area is 187 Å². The van der Waals surface area contributed by atoms with Gasteiger partial charge in [0.1, 0.15) is 22.3 Å². The number of aliphatic imine (C=N–C) groups is 1. The Morgan fingerprint density at radius 3 is 2.18 bits per heavy atom. The molecular formula is C19H29IN4O3S. The average Bonchev–Trinajstić information content (AvgIpc) is 3.00. The van der Waals surface area contributed by atoms with E-state index >= 15 is 0 Å². The van der Waals surface area contributed by atoms with Crippen molar-refractivity contribution in [2.24, 2.45) is 4.99 Å². The molecule has 2 N–H and O–H groups in total. The Balaban J connectivity index is 0.00000392. The number of benzene rings is 1. The second-order valence-corrected chi connectivity index (χ2v) is 7.10. The summed E-state index contributed by atoms with van der Waals surface area (Å²) in [6, 6.07) is 3.66. The zero-order valence-corrected chi connectivity index (χ0v) is 20.4. The summed E-state index contributed by atoms with van der Waals surface area (Å²) >= 11 is 1.69. The second-order valence-electron chi connectivity index (χ2n) is 5.81. The van der Waals surface area contributed by atoms with Gasteiger partial charge in [0, 0.05) is 23.6 Å². The van der Waals surface area contributed by atoms with Crippen LogP contribution in [0.15, 0.2) is 17.1 Å². The molecule has 0 fully saturated rings. The van der Waals surface area contributed by atoms with Crippen LogP contribution in [0.3, 0.4) is 0 Å². The molecule has 0 aliphatic carbocycles. The molecular weight excluding hydrogens is 491 g/mol. The Morgan fingerprint density at radius 2 is 1.71 bits per heavy atom. The van der Waals surface area contributed by atoms with Crippen molar-refractivity contribution in [1.82, 2.24) is 15.6 Å². The van der Waals surface area contributed by atoms with E-state index in [9.17, 15) is 0 Å². The molecule has 0 saturated heterocycles. The largest absolute Gasteiger partial charge is 0.496 e. The van der Waals surface area contributed by atoms with Crippen LogP contribution in [0, 0.1) is 13.8 Å². The lowest BCUT2D eigenvalue weighted by Gasteiger charge is -2.15. The molecule has 0 spiro atoms. The van der Waals surface area contributed by atoms with Crippen LogP contribution in [0.4, 0.5) is 0 Å². The zero-order chi connectivity index (χ0) is 19.8. The van der Waals surface area contributed by atoms with Gasteiger partial charge in [-0.2, -0.15) is 0 Å². The van der Waals surface area contributed by atoms with Crippen molar-refractivity contribution in [1.29, 1.82) is 0 Å². The van der Waals surface area contributed by atoms with E-state index in [1.165, 1.54) is 4.88 Å². The third-order valence-electron chi connectivity index (χ3n) is 4.04. The summed E-state index contributed by atoms with van der Waals surface area (Å²) in [6.45, 7) is 7.93. The molecule has 9 heteroatoms. The third kappa shape index (κ3) is 6.40. The van der Waals surface area contributed by atoms with E-state index in [4.69, 9.17) is 14.2 Å². The van der Waals surface area contributed by atoms with Crippen LogP contribution in [0.2, 0.25) is 0 Å². The summed E-state index contributed by atoms with van der Waals surface area (Å²) in [6.07, 6.45) is 0. The maximum atomic E-state index is 5.49. The van der Waals surface area contributed by atoms with Crippen LogP contribution in [0.1, 0.15) is 28.1 Å². The number of aromatic nitrogens is 1. The number of nitrogens with one attached hydrogen (secondary N) is 2. The first-order chi connectivity index (χ1) is 13.0. The molecule has 0 aliphatic heterocycles. The Morgan fingerprint density at radius 1 is 1.07 bits per heavy atom. The van der Waals surface area contributed by atoms with E-state index in [0.717, 1.165) is 22.8 Å². The van der Waals surface area contributed by atoms with Gasteiger partial charge in [-0.1, -0.05) is 0 Å². The normalized spacial score (nSPS) is 10.9. The molecule has 0 atom stereocenters. The number of hydrogen-bond donors (Lipinski definition) is 2. The minimum absolute atomic E-state index is 0. The standard InChI is InChI=1S/C19H28N4O3S.HI/c1-7-20-19(22-11-18-23-12(2)13(3)27-18)21-10-15-16(25-5)8-14(24-4)9-17(15)26-6;/h8-9H,7,10-11H2,1-6H3,(H2,20,21,22);1H. The van der Waals surface area contributed by atoms with Crippen LogP contribution in [-0.4, -0.2) is 38.8 Å². The number of halogens is 1. The fourth-order valence-electron chi connectivity index (χ4n) is 2.51. The van der Waals surface area contributed by atoms with Gasteiger partial charge in [-0.15, -0.1) is 35.3 Å². The maximum Gasteiger partial charge on any atom is 0.191 e. The third-order valence-corrected chi connectivity index (χ3v) is 5.11. The van der Waals surface area contributed by atoms with Crippen LogP contribution in [-0.2, 0) is 13.1 Å². The van der Waals surface area contributed by atoms with Crippen LogP contribution >= 0.6 is 35.3 Å². The van der Waals surface area contributed by atoms with E-state index in [0.29, 0.717) is 36.3 Å². The lowest BCUT2D eigenvalue weighted by molar-refractivity contribution is 0.369. The maximum absolute atomic E-state index is 5.49. The predicted molar refractivity (Wildman–Crippen MR) is 125 cm³/mol. The monoisotopic (exact) mass is 520 g/mol. The molecule has 2 rings (SSSR count). The molecule has 0 saturated carbocycles. The van der Waals surface area contributed by atoms with Crippen molar-refractivity contribution >= 4 is 41.3 Å². The molecule has 0 bridgehead atoms. The van der Waals surface area contributed by atoms with Gasteiger partial charge in [-0.25, -0.2) is 9.98 Å². The molecule has 7 nitrogen and oxygen atoms in total. The fraction of sp³-hybridized carbons (Fsp3) is 0.474. The first kappa shape index (κ1) is 24.3. The fourth-order valence-corrected chi connectivity index (χ4v) is 3.38. The van der Waals surface area contributed by atoms with Gasteiger partial charge in [0.2, 0.25) is 0 Å². The number of rotatable bonds is 8. The predicted octanol–water partition coefficient (Wildman–Crippen LogP) is 3.66. The first-order valence-corrected chi connectivity index (χ1v) is 9.57. The molecule has 0 amide bonds. The summed E-state index contributed by atoms with van der Waals surface area (Å²) in [4.78, 5) is 10.5. The Kier molecular flexibility index (Phi) is 10.4. The van der Waals surface area contributed by atoms with Gasteiger partial charge < -0.3 is 24.8 Å². The number of hydrogen-bond acceptors (Lipinski definition) is 6. The number of nitrogens with zero attached hydrogens (tertiary/aromatic N) is 2. The molecule has 0 unspecified atom stereocenters. The average molecular weight is 520 g/mol. The Bertz CT molecular complexity index is 751. The summed E-state index contributed by atoms with van der Waals surface area (Å²) in [7, 11) is 4.86. The topological polar surface area (TPSA) is 77.0 Å². The lowest BCUT2D eigenvalue weighted by Crippen LogP contribution is -2.36. The highest BCUT2D eigenvalue weighted by Crippen LogP contribution is 2.34. The van der Waals surface area contributed by atoms with Crippen LogP contribution < -0.4 is 24.8 Å². The second kappa shape index (κ2) is 11.9. The molecule has 0 aliphatic rings. The molecule has 1 aromatic carbocycles. The SMILES string of the molecule is CCNC(=NCc1c(OC)cc(OC)cc1OC)NCc1nc(C)c(C)s1.I. The lowest BCUT2D eigenvalue weighted by atomic mass is 10.1. The van der Waals surface area contributed by atoms with E-state index in [-0.39, 0.29) is 24.0 Å². The summed E-state index contributed by atoms with van der Waals surface area (Å²) < 4.78 is 16.3. The summed E-state index contributed by atoms with van der Waals surface area (Å²) in [5.74, 6) is 2.74. The van der Waals surface area contributed by atoms with E-state index in [1.807, 2.05) is 26.0 Å². The molecule has 2 aromatic rings. The summed E-state index contributed by atoms with van der Waals surface area (Å²) in [5, 5.41) is 7.61. The first-order valence-electron chi connectivity index (χ1n) is 8.76. The minimum Gasteiger partial charge on any atom is -0.496 e. The van der Waals surface area contributed by atoms with Gasteiger partial charge >= 0.3 is 0 Å². The minimum atomic E-state index is 0. The number of ether oxygens (including phenoxy) is 3. The number of aryl methyl sites for hydroxylation is 2. The highest BCUT2D eigenvalue weighted by Gasteiger charge is 2.13. The quantitative estimate of drug-likeness (QED) is 0.315. The smallest absolute Gasteiger partial charge is 0.191 e.